The SMILES string of the molecule is CCCNC.NS(=O)(=O)c1ccccc1.O=CO.O=Cc1cc(N2CCC(NC3=NCCCN3)CC2)cc(C(F)(F)F)c1. The number of alkyl halides is 3. The predicted octanol–water partition coefficient (Wildman–Crippen LogP) is 3.08. The van der Waals surface area contributed by atoms with E-state index in [-0.39, 0.29) is 23.0 Å². The molecule has 2 aromatic carbocycles. The standard InChI is InChI=1S/C17H21F3N4O.C6H7NO2S.C4H11N.CH2O2/c18-17(19,20)13-8-12(11-25)9-15(10-13)24-6-2-14(3-7-24)23-16-21-4-1-5-22-16;7-10(8,9)6-4-2-1-3-5-6;1-3-4-5-2;2-1-3/h8-11,14H,1-7H2,(H2,21,22,23);1-5H,(H2,7,8,9);5H,3-4H2,1-2H3;1H,(H,2,3). The minimum Gasteiger partial charge on any atom is -0.483 e. The lowest BCUT2D eigenvalue weighted by Gasteiger charge is -2.35. The number of guanidine groups is 1. The lowest BCUT2D eigenvalue weighted by Crippen LogP contribution is -2.50. The van der Waals surface area contributed by atoms with Crippen molar-refractivity contribution in [3.8, 4) is 0 Å². The van der Waals surface area contributed by atoms with Gasteiger partial charge < -0.3 is 26.0 Å². The van der Waals surface area contributed by atoms with Crippen LogP contribution in [0, 0.1) is 0 Å². The number of rotatable bonds is 6. The van der Waals surface area contributed by atoms with Crippen LogP contribution in [-0.4, -0.2) is 78.1 Å². The topological polar surface area (TPSA) is 166 Å². The van der Waals surface area contributed by atoms with E-state index < -0.39 is 21.8 Å². The van der Waals surface area contributed by atoms with Crippen LogP contribution in [0.4, 0.5) is 18.9 Å². The summed E-state index contributed by atoms with van der Waals surface area (Å²) in [4.78, 5) is 25.8. The number of hydrogen-bond donors (Lipinski definition) is 5. The van der Waals surface area contributed by atoms with Gasteiger partial charge in [0, 0.05) is 43.5 Å². The first-order chi connectivity index (χ1) is 20.4. The number of nitrogens with one attached hydrogen (secondary N) is 3. The molecule has 0 aromatic heterocycles. The summed E-state index contributed by atoms with van der Waals surface area (Å²) in [7, 11) is -1.54. The average molecular weight is 631 g/mol. The quantitative estimate of drug-likeness (QED) is 0.302. The summed E-state index contributed by atoms with van der Waals surface area (Å²) in [6.07, 6.45) is -0.145. The van der Waals surface area contributed by atoms with Gasteiger partial charge in [0.1, 0.15) is 6.29 Å². The number of carbonyl (C=O) groups is 2. The van der Waals surface area contributed by atoms with Crippen molar-refractivity contribution in [1.29, 1.82) is 0 Å². The maximum Gasteiger partial charge on any atom is 0.416 e. The molecule has 2 aliphatic heterocycles. The summed E-state index contributed by atoms with van der Waals surface area (Å²) < 4.78 is 60.2. The number of sulfonamides is 1. The van der Waals surface area contributed by atoms with Crippen LogP contribution in [0.25, 0.3) is 0 Å². The maximum absolute atomic E-state index is 13.0. The molecule has 0 bridgehead atoms. The molecule has 0 amide bonds. The second-order valence-electron chi connectivity index (χ2n) is 9.41. The monoisotopic (exact) mass is 630 g/mol. The number of aliphatic imine (C=N–C) groups is 1. The van der Waals surface area contributed by atoms with Crippen molar-refractivity contribution in [2.24, 2.45) is 10.1 Å². The zero-order valence-electron chi connectivity index (χ0n) is 24.3. The first-order valence-corrected chi connectivity index (χ1v) is 15.2. The molecule has 15 heteroatoms. The smallest absolute Gasteiger partial charge is 0.416 e. The lowest BCUT2D eigenvalue weighted by molar-refractivity contribution is -0.137. The van der Waals surface area contributed by atoms with Crippen LogP contribution in [0.3, 0.4) is 0 Å². The molecular weight excluding hydrogens is 589 g/mol. The molecule has 4 rings (SSSR count). The van der Waals surface area contributed by atoms with Gasteiger partial charge in [-0.2, -0.15) is 13.2 Å². The van der Waals surface area contributed by atoms with Gasteiger partial charge in [-0.05, 0) is 69.6 Å². The zero-order valence-corrected chi connectivity index (χ0v) is 25.1. The Hall–Kier alpha value is -3.69. The number of carbonyl (C=O) groups excluding carboxylic acids is 1. The van der Waals surface area contributed by atoms with Crippen LogP contribution in [-0.2, 0) is 21.0 Å². The summed E-state index contributed by atoms with van der Waals surface area (Å²) in [5.74, 6) is 0.812. The first kappa shape index (κ1) is 37.3. The number of nitrogens with zero attached hydrogens (tertiary/aromatic N) is 2. The van der Waals surface area contributed by atoms with Crippen molar-refractivity contribution in [2.45, 2.75) is 49.7 Å². The van der Waals surface area contributed by atoms with Gasteiger partial charge >= 0.3 is 6.18 Å². The van der Waals surface area contributed by atoms with Crippen LogP contribution < -0.4 is 26.0 Å². The number of hydrogen-bond acceptors (Lipinski definition) is 9. The molecule has 0 spiro atoms. The summed E-state index contributed by atoms with van der Waals surface area (Å²) >= 11 is 0. The van der Waals surface area contributed by atoms with E-state index in [2.05, 4.69) is 27.9 Å². The van der Waals surface area contributed by atoms with Gasteiger partial charge in [0.2, 0.25) is 10.0 Å². The van der Waals surface area contributed by atoms with E-state index in [0.717, 1.165) is 57.0 Å². The number of piperidine rings is 1. The summed E-state index contributed by atoms with van der Waals surface area (Å²) in [5, 5.41) is 21.3. The minimum absolute atomic E-state index is 0.0471. The lowest BCUT2D eigenvalue weighted by atomic mass is 10.0. The van der Waals surface area contributed by atoms with Gasteiger partial charge in [-0.15, -0.1) is 0 Å². The van der Waals surface area contributed by atoms with Gasteiger partial charge in [0.15, 0.2) is 5.96 Å². The van der Waals surface area contributed by atoms with Gasteiger partial charge in [-0.25, -0.2) is 13.6 Å². The van der Waals surface area contributed by atoms with Crippen molar-refractivity contribution in [3.63, 3.8) is 0 Å². The fourth-order valence-corrected chi connectivity index (χ4v) is 4.55. The second-order valence-corrected chi connectivity index (χ2v) is 11.0. The molecular formula is C28H41F3N6O5S. The van der Waals surface area contributed by atoms with E-state index in [1.165, 1.54) is 24.6 Å². The van der Waals surface area contributed by atoms with Crippen molar-refractivity contribution in [3.05, 3.63) is 59.7 Å². The number of aldehydes is 1. The molecule has 0 saturated carbocycles. The molecule has 2 aromatic rings. The third kappa shape index (κ3) is 14.9. The van der Waals surface area contributed by atoms with Crippen molar-refractivity contribution in [2.75, 3.05) is 44.7 Å². The molecule has 0 atom stereocenters. The van der Waals surface area contributed by atoms with E-state index in [0.29, 0.717) is 25.1 Å². The zero-order chi connectivity index (χ0) is 32.3. The Morgan fingerprint density at radius 2 is 1.77 bits per heavy atom. The number of halogens is 3. The highest BCUT2D eigenvalue weighted by atomic mass is 32.2. The molecule has 6 N–H and O–H groups in total. The first-order valence-electron chi connectivity index (χ1n) is 13.7. The number of carboxylic acid groups (broad SMARTS) is 1. The Morgan fingerprint density at radius 3 is 2.19 bits per heavy atom. The highest BCUT2D eigenvalue weighted by molar-refractivity contribution is 7.89. The van der Waals surface area contributed by atoms with E-state index in [1.54, 1.807) is 18.2 Å². The molecule has 0 unspecified atom stereocenters. The maximum atomic E-state index is 13.0. The largest absolute Gasteiger partial charge is 0.483 e. The predicted molar refractivity (Wildman–Crippen MR) is 161 cm³/mol. The van der Waals surface area contributed by atoms with E-state index in [4.69, 9.17) is 15.0 Å². The summed E-state index contributed by atoms with van der Waals surface area (Å²) in [6.45, 7) is 6.02. The normalized spacial score (nSPS) is 15.0. The molecule has 0 radical (unpaired) electrons. The van der Waals surface area contributed by atoms with E-state index in [9.17, 15) is 26.4 Å². The molecule has 1 saturated heterocycles. The molecule has 0 aliphatic carbocycles. The number of benzene rings is 2. The van der Waals surface area contributed by atoms with Crippen LogP contribution in [0.5, 0.6) is 0 Å². The van der Waals surface area contributed by atoms with Crippen LogP contribution in [0.2, 0.25) is 0 Å². The van der Waals surface area contributed by atoms with Gasteiger partial charge in [0.05, 0.1) is 10.5 Å². The Kier molecular flexibility index (Phi) is 16.9. The minimum atomic E-state index is -4.46. The number of primary sulfonamides is 1. The Morgan fingerprint density at radius 1 is 1.14 bits per heavy atom. The van der Waals surface area contributed by atoms with Gasteiger partial charge in [-0.3, -0.25) is 14.6 Å². The van der Waals surface area contributed by atoms with Crippen LogP contribution in [0.15, 0.2) is 58.4 Å². The molecule has 2 aliphatic rings. The Labute approximate surface area is 250 Å². The fourth-order valence-electron chi connectivity index (χ4n) is 4.01. The number of anilines is 1. The summed E-state index contributed by atoms with van der Waals surface area (Å²) in [5.41, 5.74) is -0.289. The van der Waals surface area contributed by atoms with E-state index >= 15 is 0 Å². The highest BCUT2D eigenvalue weighted by Crippen LogP contribution is 2.33. The van der Waals surface area contributed by atoms with Crippen molar-refractivity contribution in [1.82, 2.24) is 16.0 Å². The molecule has 11 nitrogen and oxygen atoms in total. The molecule has 240 valence electrons. The fraction of sp³-hybridized carbons (Fsp3) is 0.464. The summed E-state index contributed by atoms with van der Waals surface area (Å²) in [6, 6.07) is 11.7. The second kappa shape index (κ2) is 19.5. The Balaban J connectivity index is 0.000000421. The Bertz CT molecular complexity index is 1240. The van der Waals surface area contributed by atoms with Gasteiger partial charge in [-0.1, -0.05) is 25.1 Å². The molecule has 43 heavy (non-hydrogen) atoms. The van der Waals surface area contributed by atoms with Crippen molar-refractivity contribution >= 4 is 34.4 Å². The van der Waals surface area contributed by atoms with Crippen LogP contribution in [0.1, 0.15) is 48.5 Å². The highest BCUT2D eigenvalue weighted by Gasteiger charge is 2.32. The molecule has 2 heterocycles. The third-order valence-electron chi connectivity index (χ3n) is 6.07. The average Bonchev–Trinajstić information content (AvgIpc) is 2.99. The van der Waals surface area contributed by atoms with Crippen molar-refractivity contribution < 1.29 is 36.3 Å². The van der Waals surface area contributed by atoms with Gasteiger partial charge in [0.25, 0.3) is 6.47 Å². The third-order valence-corrected chi connectivity index (χ3v) is 7.00. The van der Waals surface area contributed by atoms with Crippen LogP contribution >= 0.6 is 0 Å². The van der Waals surface area contributed by atoms with E-state index in [1.807, 2.05) is 11.9 Å². The number of nitrogens with two attached hydrogens (primary N) is 1. The molecule has 1 fully saturated rings.